The van der Waals surface area contributed by atoms with Crippen molar-refractivity contribution in [2.24, 2.45) is 5.73 Å². The summed E-state index contributed by atoms with van der Waals surface area (Å²) in [6.07, 6.45) is -2.76. The summed E-state index contributed by atoms with van der Waals surface area (Å²) in [4.78, 5) is 15.1. The van der Waals surface area contributed by atoms with Crippen LogP contribution in [0.2, 0.25) is 0 Å². The predicted molar refractivity (Wildman–Crippen MR) is 65.9 cm³/mol. The SMILES string of the molecule is N=C(N)SCCNC(=O)c1cnccc1C(F)(F)F. The van der Waals surface area contributed by atoms with Crippen LogP contribution in [0.4, 0.5) is 13.2 Å². The van der Waals surface area contributed by atoms with Crippen LogP contribution < -0.4 is 11.1 Å². The van der Waals surface area contributed by atoms with E-state index >= 15 is 0 Å². The molecule has 0 aliphatic heterocycles. The fourth-order valence-electron chi connectivity index (χ4n) is 1.24. The van der Waals surface area contributed by atoms with Gasteiger partial charge in [-0.25, -0.2) is 0 Å². The van der Waals surface area contributed by atoms with Crippen molar-refractivity contribution in [3.63, 3.8) is 0 Å². The van der Waals surface area contributed by atoms with E-state index in [2.05, 4.69) is 10.3 Å². The summed E-state index contributed by atoms with van der Waals surface area (Å²) in [5.41, 5.74) is 3.52. The van der Waals surface area contributed by atoms with Crippen LogP contribution in [0, 0.1) is 5.41 Å². The van der Waals surface area contributed by atoms with E-state index in [4.69, 9.17) is 11.1 Å². The third kappa shape index (κ3) is 4.78. The molecule has 0 radical (unpaired) electrons. The highest BCUT2D eigenvalue weighted by atomic mass is 32.2. The van der Waals surface area contributed by atoms with Crippen LogP contribution in [0.1, 0.15) is 15.9 Å². The number of amides is 1. The predicted octanol–water partition coefficient (Wildman–Crippen LogP) is 1.46. The standard InChI is InChI=1S/C10H11F3N4OS/c11-10(12,13)7-1-2-16-5-6(7)8(18)17-3-4-19-9(14)15/h1-2,5H,3-4H2,(H3,14,15)(H,17,18). The van der Waals surface area contributed by atoms with Gasteiger partial charge in [-0.05, 0) is 6.07 Å². The normalized spacial score (nSPS) is 11.1. The quantitative estimate of drug-likeness (QED) is 0.445. The first-order chi connectivity index (χ1) is 8.82. The Morgan fingerprint density at radius 1 is 1.53 bits per heavy atom. The van der Waals surface area contributed by atoms with Gasteiger partial charge in [0.15, 0.2) is 5.17 Å². The highest BCUT2D eigenvalue weighted by Crippen LogP contribution is 2.31. The molecule has 0 saturated heterocycles. The molecule has 1 aromatic rings. The molecule has 9 heteroatoms. The van der Waals surface area contributed by atoms with Gasteiger partial charge in [0.2, 0.25) is 0 Å². The maximum Gasteiger partial charge on any atom is 0.417 e. The molecule has 0 aliphatic carbocycles. The van der Waals surface area contributed by atoms with E-state index in [1.54, 1.807) is 0 Å². The van der Waals surface area contributed by atoms with Crippen LogP contribution in [0.15, 0.2) is 18.5 Å². The van der Waals surface area contributed by atoms with Gasteiger partial charge < -0.3 is 11.1 Å². The highest BCUT2D eigenvalue weighted by Gasteiger charge is 2.35. The second kappa shape index (κ2) is 6.41. The Hall–Kier alpha value is -1.77. The van der Waals surface area contributed by atoms with Crippen LogP contribution in [0.25, 0.3) is 0 Å². The summed E-state index contributed by atoms with van der Waals surface area (Å²) in [5, 5.41) is 9.13. The molecule has 0 unspecified atom stereocenters. The first-order valence-corrected chi connectivity index (χ1v) is 6.07. The third-order valence-electron chi connectivity index (χ3n) is 2.02. The first-order valence-electron chi connectivity index (χ1n) is 5.08. The number of amidine groups is 1. The van der Waals surface area contributed by atoms with Crippen molar-refractivity contribution >= 4 is 22.8 Å². The summed E-state index contributed by atoms with van der Waals surface area (Å²) in [6, 6.07) is 0.749. The molecule has 1 aromatic heterocycles. The summed E-state index contributed by atoms with van der Waals surface area (Å²) in [7, 11) is 0. The van der Waals surface area contributed by atoms with E-state index in [1.165, 1.54) is 0 Å². The van der Waals surface area contributed by atoms with E-state index in [0.717, 1.165) is 30.2 Å². The van der Waals surface area contributed by atoms with E-state index in [9.17, 15) is 18.0 Å². The van der Waals surface area contributed by atoms with E-state index in [0.29, 0.717) is 5.75 Å². The number of aromatic nitrogens is 1. The van der Waals surface area contributed by atoms with Gasteiger partial charge in [-0.2, -0.15) is 13.2 Å². The molecule has 0 bridgehead atoms. The lowest BCUT2D eigenvalue weighted by molar-refractivity contribution is -0.138. The minimum Gasteiger partial charge on any atom is -0.379 e. The Bertz CT molecular complexity index is 478. The zero-order chi connectivity index (χ0) is 14.5. The molecule has 1 amide bonds. The highest BCUT2D eigenvalue weighted by molar-refractivity contribution is 8.13. The molecule has 0 aromatic carbocycles. The van der Waals surface area contributed by atoms with Crippen LogP contribution in [0.3, 0.4) is 0 Å². The molecule has 1 heterocycles. The molecular weight excluding hydrogens is 281 g/mol. The van der Waals surface area contributed by atoms with Crippen LogP contribution >= 0.6 is 11.8 Å². The molecule has 0 fully saturated rings. The van der Waals surface area contributed by atoms with Crippen molar-refractivity contribution in [2.75, 3.05) is 12.3 Å². The molecular formula is C10H11F3N4OS. The third-order valence-corrected chi connectivity index (χ3v) is 2.74. The summed E-state index contributed by atoms with van der Waals surface area (Å²) >= 11 is 0.987. The van der Waals surface area contributed by atoms with E-state index in [-0.39, 0.29) is 11.7 Å². The van der Waals surface area contributed by atoms with Crippen molar-refractivity contribution in [1.29, 1.82) is 5.41 Å². The second-order valence-corrected chi connectivity index (χ2v) is 4.52. The number of nitrogens with one attached hydrogen (secondary N) is 2. The number of hydrogen-bond acceptors (Lipinski definition) is 4. The van der Waals surface area contributed by atoms with Crippen molar-refractivity contribution in [3.05, 3.63) is 29.6 Å². The molecule has 4 N–H and O–H groups in total. The van der Waals surface area contributed by atoms with Crippen molar-refractivity contribution in [1.82, 2.24) is 10.3 Å². The fourth-order valence-corrected chi connectivity index (χ4v) is 1.67. The lowest BCUT2D eigenvalue weighted by Gasteiger charge is -2.11. The zero-order valence-electron chi connectivity index (χ0n) is 9.62. The Balaban J connectivity index is 2.70. The van der Waals surface area contributed by atoms with Gasteiger partial charge in [0.25, 0.3) is 5.91 Å². The monoisotopic (exact) mass is 292 g/mol. The number of hydrogen-bond donors (Lipinski definition) is 3. The molecule has 1 rings (SSSR count). The minimum absolute atomic E-state index is 0.106. The topological polar surface area (TPSA) is 91.9 Å². The number of carbonyl (C=O) groups excluding carboxylic acids is 1. The lowest BCUT2D eigenvalue weighted by atomic mass is 10.1. The largest absolute Gasteiger partial charge is 0.417 e. The molecule has 0 saturated carbocycles. The maximum atomic E-state index is 12.6. The Morgan fingerprint density at radius 2 is 2.21 bits per heavy atom. The van der Waals surface area contributed by atoms with Gasteiger partial charge in [0.1, 0.15) is 0 Å². The number of halogens is 3. The van der Waals surface area contributed by atoms with Crippen LogP contribution in [0.5, 0.6) is 0 Å². The summed E-state index contributed by atoms with van der Waals surface area (Å²) in [6.45, 7) is 0.106. The number of carbonyl (C=O) groups is 1. The molecule has 0 atom stereocenters. The number of thioether (sulfide) groups is 1. The Morgan fingerprint density at radius 3 is 2.79 bits per heavy atom. The van der Waals surface area contributed by atoms with Gasteiger partial charge in [-0.1, -0.05) is 11.8 Å². The zero-order valence-corrected chi connectivity index (χ0v) is 10.4. The first kappa shape index (κ1) is 15.3. The number of pyridine rings is 1. The van der Waals surface area contributed by atoms with Crippen molar-refractivity contribution < 1.29 is 18.0 Å². The van der Waals surface area contributed by atoms with Gasteiger partial charge in [-0.15, -0.1) is 0 Å². The average Bonchev–Trinajstić information content (AvgIpc) is 2.33. The number of nitrogens with zero attached hydrogens (tertiary/aromatic N) is 1. The van der Waals surface area contributed by atoms with Gasteiger partial charge in [0.05, 0.1) is 11.1 Å². The number of nitrogens with two attached hydrogens (primary N) is 1. The van der Waals surface area contributed by atoms with E-state index < -0.39 is 23.2 Å². The second-order valence-electron chi connectivity index (χ2n) is 3.39. The van der Waals surface area contributed by atoms with Gasteiger partial charge >= 0.3 is 6.18 Å². The fraction of sp³-hybridized carbons (Fsp3) is 0.300. The smallest absolute Gasteiger partial charge is 0.379 e. The maximum absolute atomic E-state index is 12.6. The molecule has 5 nitrogen and oxygen atoms in total. The van der Waals surface area contributed by atoms with E-state index in [1.807, 2.05) is 0 Å². The molecule has 104 valence electrons. The number of rotatable bonds is 4. The van der Waals surface area contributed by atoms with Crippen molar-refractivity contribution in [2.45, 2.75) is 6.18 Å². The van der Waals surface area contributed by atoms with Gasteiger partial charge in [0, 0.05) is 24.7 Å². The Kier molecular flexibility index (Phi) is 5.16. The Labute approximate surface area is 111 Å². The summed E-state index contributed by atoms with van der Waals surface area (Å²) in [5.74, 6) is -0.549. The van der Waals surface area contributed by atoms with Crippen LogP contribution in [-0.2, 0) is 6.18 Å². The molecule has 0 aliphatic rings. The molecule has 0 spiro atoms. The lowest BCUT2D eigenvalue weighted by Crippen LogP contribution is -2.28. The minimum atomic E-state index is -4.61. The number of alkyl halides is 3. The van der Waals surface area contributed by atoms with Gasteiger partial charge in [-0.3, -0.25) is 15.2 Å². The van der Waals surface area contributed by atoms with Crippen molar-refractivity contribution in [3.8, 4) is 0 Å². The average molecular weight is 292 g/mol. The van der Waals surface area contributed by atoms with Crippen LogP contribution in [-0.4, -0.2) is 28.4 Å². The summed E-state index contributed by atoms with van der Waals surface area (Å²) < 4.78 is 37.9. The molecule has 19 heavy (non-hydrogen) atoms.